The number of rotatable bonds is 2. The first kappa shape index (κ1) is 14.9. The molecule has 0 saturated carbocycles. The predicted molar refractivity (Wildman–Crippen MR) is 67.6 cm³/mol. The quantitative estimate of drug-likeness (QED) is 0.899. The highest BCUT2D eigenvalue weighted by molar-refractivity contribution is 5.85. The second-order valence-electron chi connectivity index (χ2n) is 4.43. The van der Waals surface area contributed by atoms with E-state index in [1.807, 2.05) is 0 Å². The Balaban J connectivity index is 0.00000162. The summed E-state index contributed by atoms with van der Waals surface area (Å²) in [7, 11) is 0. The molecule has 2 nitrogen and oxygen atoms in total. The summed E-state index contributed by atoms with van der Waals surface area (Å²) >= 11 is 0. The maximum Gasteiger partial charge on any atom is 0.130 e. The number of hydrogen-bond acceptors (Lipinski definition) is 2. The number of hydrogen-bond donors (Lipinski definition) is 1. The normalized spacial score (nSPS) is 15.8. The highest BCUT2D eigenvalue weighted by atomic mass is 35.5. The van der Waals surface area contributed by atoms with E-state index in [9.17, 15) is 8.78 Å². The Labute approximate surface area is 111 Å². The average molecular weight is 273 g/mol. The molecule has 0 amide bonds. The van der Waals surface area contributed by atoms with Gasteiger partial charge in [0, 0.05) is 5.56 Å². The van der Waals surface area contributed by atoms with E-state index >= 15 is 0 Å². The van der Waals surface area contributed by atoms with Gasteiger partial charge in [-0.25, -0.2) is 8.78 Å². The van der Waals surface area contributed by atoms with Gasteiger partial charge < -0.3 is 5.32 Å². The summed E-state index contributed by atoms with van der Waals surface area (Å²) in [4.78, 5) is 0. The van der Waals surface area contributed by atoms with Crippen molar-refractivity contribution in [3.8, 4) is 6.07 Å². The lowest BCUT2D eigenvalue weighted by molar-refractivity contribution is 0.363. The van der Waals surface area contributed by atoms with Crippen molar-refractivity contribution < 1.29 is 8.78 Å². The summed E-state index contributed by atoms with van der Waals surface area (Å²) < 4.78 is 27.3. The molecule has 1 aromatic rings. The van der Waals surface area contributed by atoms with E-state index in [1.54, 1.807) is 6.07 Å². The topological polar surface area (TPSA) is 35.8 Å². The van der Waals surface area contributed by atoms with Crippen LogP contribution in [0.4, 0.5) is 8.78 Å². The van der Waals surface area contributed by atoms with Gasteiger partial charge in [0.25, 0.3) is 0 Å². The standard InChI is InChI=1S/C13H14F2N2.ClH/c14-12-6-10(8-16)7-13(15)11(12)5-9-1-3-17-4-2-9;/h6-7,9,17H,1-5H2;1H. The third kappa shape index (κ3) is 3.41. The minimum absolute atomic E-state index is 0. The second-order valence-corrected chi connectivity index (χ2v) is 4.43. The van der Waals surface area contributed by atoms with Crippen LogP contribution in [-0.2, 0) is 6.42 Å². The Morgan fingerprint density at radius 2 is 1.78 bits per heavy atom. The van der Waals surface area contributed by atoms with Crippen molar-refractivity contribution in [1.82, 2.24) is 5.32 Å². The van der Waals surface area contributed by atoms with Gasteiger partial charge in [-0.1, -0.05) is 0 Å². The summed E-state index contributed by atoms with van der Waals surface area (Å²) in [5.74, 6) is -0.867. The zero-order valence-corrected chi connectivity index (χ0v) is 10.7. The Morgan fingerprint density at radius 3 is 2.28 bits per heavy atom. The van der Waals surface area contributed by atoms with Crippen molar-refractivity contribution in [2.45, 2.75) is 19.3 Å². The van der Waals surface area contributed by atoms with E-state index < -0.39 is 11.6 Å². The van der Waals surface area contributed by atoms with Crippen molar-refractivity contribution in [2.75, 3.05) is 13.1 Å². The van der Waals surface area contributed by atoms with Gasteiger partial charge in [-0.05, 0) is 50.4 Å². The highest BCUT2D eigenvalue weighted by Gasteiger charge is 2.18. The fourth-order valence-electron chi connectivity index (χ4n) is 2.24. The maximum atomic E-state index is 13.6. The lowest BCUT2D eigenvalue weighted by Crippen LogP contribution is -2.29. The third-order valence-corrected chi connectivity index (χ3v) is 3.22. The van der Waals surface area contributed by atoms with Crippen LogP contribution in [0.5, 0.6) is 0 Å². The first-order valence-corrected chi connectivity index (χ1v) is 5.79. The number of nitriles is 1. The van der Waals surface area contributed by atoms with Gasteiger partial charge in [0.15, 0.2) is 0 Å². The van der Waals surface area contributed by atoms with Crippen LogP contribution in [0.3, 0.4) is 0 Å². The molecule has 0 atom stereocenters. The number of piperidine rings is 1. The Bertz CT molecular complexity index is 428. The second kappa shape index (κ2) is 6.67. The average Bonchev–Trinajstić information content (AvgIpc) is 2.35. The number of nitrogens with one attached hydrogen (secondary N) is 1. The zero-order chi connectivity index (χ0) is 12.3. The Morgan fingerprint density at radius 1 is 1.22 bits per heavy atom. The molecule has 0 bridgehead atoms. The number of benzene rings is 1. The van der Waals surface area contributed by atoms with Crippen molar-refractivity contribution >= 4 is 12.4 Å². The van der Waals surface area contributed by atoms with E-state index in [-0.39, 0.29) is 23.5 Å². The van der Waals surface area contributed by atoms with E-state index in [0.29, 0.717) is 12.3 Å². The Kier molecular flexibility index (Phi) is 5.52. The molecule has 0 spiro atoms. The summed E-state index contributed by atoms with van der Waals surface area (Å²) in [5, 5.41) is 11.8. The molecule has 1 N–H and O–H groups in total. The van der Waals surface area contributed by atoms with E-state index in [4.69, 9.17) is 5.26 Å². The van der Waals surface area contributed by atoms with Gasteiger partial charge in [-0.3, -0.25) is 0 Å². The van der Waals surface area contributed by atoms with Crippen molar-refractivity contribution in [2.24, 2.45) is 5.92 Å². The zero-order valence-electron chi connectivity index (χ0n) is 9.88. The van der Waals surface area contributed by atoms with Crippen LogP contribution in [0.25, 0.3) is 0 Å². The third-order valence-electron chi connectivity index (χ3n) is 3.22. The fraction of sp³-hybridized carbons (Fsp3) is 0.462. The van der Waals surface area contributed by atoms with E-state index in [2.05, 4.69) is 5.32 Å². The van der Waals surface area contributed by atoms with Crippen LogP contribution in [0.1, 0.15) is 24.0 Å². The lowest BCUT2D eigenvalue weighted by atomic mass is 9.90. The predicted octanol–water partition coefficient (Wildman–Crippen LogP) is 2.80. The first-order chi connectivity index (χ1) is 8.20. The molecule has 0 aliphatic carbocycles. The van der Waals surface area contributed by atoms with Crippen molar-refractivity contribution in [3.63, 3.8) is 0 Å². The van der Waals surface area contributed by atoms with Gasteiger partial charge in [-0.2, -0.15) is 5.26 Å². The molecule has 0 radical (unpaired) electrons. The molecular weight excluding hydrogens is 258 g/mol. The molecule has 98 valence electrons. The molecule has 1 heterocycles. The van der Waals surface area contributed by atoms with E-state index in [1.165, 1.54) is 0 Å². The SMILES string of the molecule is Cl.N#Cc1cc(F)c(CC2CCNCC2)c(F)c1. The van der Waals surface area contributed by atoms with Gasteiger partial charge in [-0.15, -0.1) is 12.4 Å². The smallest absolute Gasteiger partial charge is 0.130 e. The minimum Gasteiger partial charge on any atom is -0.317 e. The Hall–Kier alpha value is -1.18. The van der Waals surface area contributed by atoms with E-state index in [0.717, 1.165) is 38.1 Å². The van der Waals surface area contributed by atoms with Crippen LogP contribution in [0.15, 0.2) is 12.1 Å². The molecule has 2 rings (SSSR count). The van der Waals surface area contributed by atoms with Gasteiger partial charge >= 0.3 is 0 Å². The molecule has 0 unspecified atom stereocenters. The first-order valence-electron chi connectivity index (χ1n) is 5.79. The fourth-order valence-corrected chi connectivity index (χ4v) is 2.24. The van der Waals surface area contributed by atoms with Gasteiger partial charge in [0.2, 0.25) is 0 Å². The molecule has 1 aliphatic rings. The van der Waals surface area contributed by atoms with Crippen molar-refractivity contribution in [3.05, 3.63) is 34.9 Å². The maximum absolute atomic E-state index is 13.6. The molecule has 1 aromatic carbocycles. The molecule has 1 saturated heterocycles. The van der Waals surface area contributed by atoms with Crippen LogP contribution < -0.4 is 5.32 Å². The summed E-state index contributed by atoms with van der Waals surface area (Å²) in [6, 6.07) is 3.97. The highest BCUT2D eigenvalue weighted by Crippen LogP contribution is 2.23. The van der Waals surface area contributed by atoms with Crippen LogP contribution >= 0.6 is 12.4 Å². The molecule has 1 aliphatic heterocycles. The minimum atomic E-state index is -0.597. The van der Waals surface area contributed by atoms with Gasteiger partial charge in [0.05, 0.1) is 11.6 Å². The van der Waals surface area contributed by atoms with Gasteiger partial charge in [0.1, 0.15) is 11.6 Å². The summed E-state index contributed by atoms with van der Waals surface area (Å²) in [6.07, 6.45) is 2.31. The number of halogens is 3. The molecule has 0 aromatic heterocycles. The molecular formula is C13H15ClF2N2. The number of nitrogens with zero attached hydrogens (tertiary/aromatic N) is 1. The van der Waals surface area contributed by atoms with Crippen LogP contribution in [0, 0.1) is 28.9 Å². The molecule has 18 heavy (non-hydrogen) atoms. The van der Waals surface area contributed by atoms with Crippen LogP contribution in [0.2, 0.25) is 0 Å². The molecule has 1 fully saturated rings. The van der Waals surface area contributed by atoms with Crippen LogP contribution in [-0.4, -0.2) is 13.1 Å². The van der Waals surface area contributed by atoms with Crippen molar-refractivity contribution in [1.29, 1.82) is 5.26 Å². The monoisotopic (exact) mass is 272 g/mol. The largest absolute Gasteiger partial charge is 0.317 e. The summed E-state index contributed by atoms with van der Waals surface area (Å²) in [6.45, 7) is 1.81. The molecule has 5 heteroatoms. The summed E-state index contributed by atoms with van der Waals surface area (Å²) in [5.41, 5.74) is 0.157. The lowest BCUT2D eigenvalue weighted by Gasteiger charge is -2.22.